The van der Waals surface area contributed by atoms with Crippen molar-refractivity contribution in [3.05, 3.63) is 71.3 Å². The van der Waals surface area contributed by atoms with E-state index in [0.29, 0.717) is 17.5 Å². The number of rotatable bonds is 5. The average Bonchev–Trinajstić information content (AvgIpc) is 3.16. The van der Waals surface area contributed by atoms with Crippen molar-refractivity contribution >= 4 is 23.1 Å². The predicted octanol–water partition coefficient (Wildman–Crippen LogP) is 4.01. The van der Waals surface area contributed by atoms with Gasteiger partial charge in [-0.15, -0.1) is 0 Å². The van der Waals surface area contributed by atoms with Gasteiger partial charge in [-0.2, -0.15) is 5.10 Å². The Morgan fingerprint density at radius 1 is 1.04 bits per heavy atom. The topological polar surface area (TPSA) is 68.0 Å². The Bertz CT molecular complexity index is 1040. The summed E-state index contributed by atoms with van der Waals surface area (Å²) in [6, 6.07) is 13.6. The number of nitrogens with one attached hydrogen (secondary N) is 1. The van der Waals surface area contributed by atoms with Gasteiger partial charge in [0.1, 0.15) is 11.0 Å². The molecule has 4 rings (SSSR count). The lowest BCUT2D eigenvalue weighted by atomic mass is 10.2. The zero-order valence-electron chi connectivity index (χ0n) is 14.2. The number of hydrogen-bond acceptors (Lipinski definition) is 5. The minimum Gasteiger partial charge on any atom is -0.364 e. The standard InChI is InChI=1S/C19H17ClN6/c1-2-15-17(20)24-18(13-6-4-3-5-7-13)25-19(15)22-12-14-8-10-21-16-9-11-23-26(14)16/h3-11H,2,12H2,1H3,(H,22,24,25). The molecular weight excluding hydrogens is 348 g/mol. The molecule has 6 nitrogen and oxygen atoms in total. The molecule has 3 heterocycles. The minimum atomic E-state index is 0.475. The summed E-state index contributed by atoms with van der Waals surface area (Å²) in [6.07, 6.45) is 4.25. The van der Waals surface area contributed by atoms with Gasteiger partial charge in [0, 0.05) is 23.4 Å². The first kappa shape index (κ1) is 16.5. The van der Waals surface area contributed by atoms with Crippen LogP contribution >= 0.6 is 11.6 Å². The van der Waals surface area contributed by atoms with Crippen LogP contribution in [-0.4, -0.2) is 24.6 Å². The smallest absolute Gasteiger partial charge is 0.163 e. The van der Waals surface area contributed by atoms with Crippen LogP contribution in [0.15, 0.2) is 54.9 Å². The van der Waals surface area contributed by atoms with Gasteiger partial charge in [0.2, 0.25) is 0 Å². The molecule has 26 heavy (non-hydrogen) atoms. The van der Waals surface area contributed by atoms with Gasteiger partial charge in [-0.25, -0.2) is 19.5 Å². The third-order valence-electron chi connectivity index (χ3n) is 4.15. The molecule has 1 aromatic carbocycles. The van der Waals surface area contributed by atoms with Crippen LogP contribution < -0.4 is 5.32 Å². The van der Waals surface area contributed by atoms with Crippen LogP contribution in [0.4, 0.5) is 5.82 Å². The van der Waals surface area contributed by atoms with Crippen LogP contribution in [0.3, 0.4) is 0 Å². The lowest BCUT2D eigenvalue weighted by molar-refractivity contribution is 0.849. The third kappa shape index (κ3) is 3.11. The lowest BCUT2D eigenvalue weighted by Gasteiger charge is -2.13. The Labute approximate surface area is 155 Å². The number of nitrogens with zero attached hydrogens (tertiary/aromatic N) is 5. The van der Waals surface area contributed by atoms with Crippen LogP contribution in [0.25, 0.3) is 17.0 Å². The Hall–Kier alpha value is -2.99. The number of benzene rings is 1. The first-order valence-corrected chi connectivity index (χ1v) is 8.77. The molecular formula is C19H17ClN6. The van der Waals surface area contributed by atoms with E-state index in [2.05, 4.69) is 20.4 Å². The van der Waals surface area contributed by atoms with E-state index in [9.17, 15) is 0 Å². The highest BCUT2D eigenvalue weighted by atomic mass is 35.5. The maximum Gasteiger partial charge on any atom is 0.163 e. The number of fused-ring (bicyclic) bond motifs is 1. The summed E-state index contributed by atoms with van der Waals surface area (Å²) in [5.41, 5.74) is 3.62. The van der Waals surface area contributed by atoms with Crippen LogP contribution in [0, 0.1) is 0 Å². The summed E-state index contributed by atoms with van der Waals surface area (Å²) >= 11 is 6.43. The zero-order chi connectivity index (χ0) is 17.9. The molecule has 0 bridgehead atoms. The summed E-state index contributed by atoms with van der Waals surface area (Å²) in [4.78, 5) is 13.4. The summed E-state index contributed by atoms with van der Waals surface area (Å²) < 4.78 is 1.81. The molecule has 3 aromatic heterocycles. The van der Waals surface area contributed by atoms with E-state index in [1.807, 2.05) is 49.4 Å². The maximum atomic E-state index is 6.43. The van der Waals surface area contributed by atoms with E-state index in [-0.39, 0.29) is 0 Å². The van der Waals surface area contributed by atoms with Gasteiger partial charge >= 0.3 is 0 Å². The van der Waals surface area contributed by atoms with Crippen LogP contribution in [0.5, 0.6) is 0 Å². The monoisotopic (exact) mass is 364 g/mol. The number of halogens is 1. The van der Waals surface area contributed by atoms with Crippen molar-refractivity contribution in [1.82, 2.24) is 24.6 Å². The second kappa shape index (κ2) is 7.09. The number of hydrogen-bond donors (Lipinski definition) is 1. The van der Waals surface area contributed by atoms with Crippen LogP contribution in [-0.2, 0) is 13.0 Å². The second-order valence-corrected chi connectivity index (χ2v) is 6.13. The van der Waals surface area contributed by atoms with Gasteiger partial charge in [-0.1, -0.05) is 48.9 Å². The average molecular weight is 365 g/mol. The maximum absolute atomic E-state index is 6.43. The molecule has 0 saturated heterocycles. The van der Waals surface area contributed by atoms with E-state index >= 15 is 0 Å². The second-order valence-electron chi connectivity index (χ2n) is 5.78. The Kier molecular flexibility index (Phi) is 4.50. The fourth-order valence-electron chi connectivity index (χ4n) is 2.83. The Balaban J connectivity index is 1.69. The molecule has 0 atom stereocenters. The molecule has 130 valence electrons. The predicted molar refractivity (Wildman–Crippen MR) is 102 cm³/mol. The van der Waals surface area contributed by atoms with Crippen LogP contribution in [0.1, 0.15) is 18.2 Å². The van der Waals surface area contributed by atoms with Gasteiger partial charge in [0.25, 0.3) is 0 Å². The Morgan fingerprint density at radius 2 is 1.88 bits per heavy atom. The van der Waals surface area contributed by atoms with Crippen molar-refractivity contribution in [3.63, 3.8) is 0 Å². The molecule has 0 fully saturated rings. The van der Waals surface area contributed by atoms with Crippen molar-refractivity contribution in [1.29, 1.82) is 0 Å². The minimum absolute atomic E-state index is 0.475. The summed E-state index contributed by atoms with van der Waals surface area (Å²) in [5.74, 6) is 1.35. The summed E-state index contributed by atoms with van der Waals surface area (Å²) in [6.45, 7) is 2.59. The summed E-state index contributed by atoms with van der Waals surface area (Å²) in [7, 11) is 0. The molecule has 0 aliphatic heterocycles. The molecule has 0 spiro atoms. The molecule has 1 N–H and O–H groups in total. The van der Waals surface area contributed by atoms with Gasteiger partial charge < -0.3 is 5.32 Å². The molecule has 4 aromatic rings. The largest absolute Gasteiger partial charge is 0.364 e. The molecule has 0 aliphatic carbocycles. The molecule has 0 amide bonds. The third-order valence-corrected chi connectivity index (χ3v) is 4.46. The van der Waals surface area contributed by atoms with Gasteiger partial charge in [0.05, 0.1) is 18.4 Å². The van der Waals surface area contributed by atoms with Crippen molar-refractivity contribution in [3.8, 4) is 11.4 Å². The summed E-state index contributed by atoms with van der Waals surface area (Å²) in [5, 5.41) is 8.18. The van der Waals surface area contributed by atoms with E-state index in [0.717, 1.165) is 34.7 Å². The highest BCUT2D eigenvalue weighted by Gasteiger charge is 2.13. The van der Waals surface area contributed by atoms with E-state index in [1.54, 1.807) is 16.9 Å². The van der Waals surface area contributed by atoms with E-state index in [1.165, 1.54) is 0 Å². The van der Waals surface area contributed by atoms with E-state index < -0.39 is 0 Å². The molecule has 0 aliphatic rings. The fourth-order valence-corrected chi connectivity index (χ4v) is 3.13. The van der Waals surface area contributed by atoms with Crippen LogP contribution in [0.2, 0.25) is 5.15 Å². The van der Waals surface area contributed by atoms with Gasteiger partial charge in [0.15, 0.2) is 11.5 Å². The molecule has 7 heteroatoms. The number of aromatic nitrogens is 5. The lowest BCUT2D eigenvalue weighted by Crippen LogP contribution is -2.10. The highest BCUT2D eigenvalue weighted by molar-refractivity contribution is 6.30. The first-order chi connectivity index (χ1) is 12.8. The molecule has 0 saturated carbocycles. The first-order valence-electron chi connectivity index (χ1n) is 8.39. The van der Waals surface area contributed by atoms with Gasteiger partial charge in [-0.05, 0) is 12.5 Å². The highest BCUT2D eigenvalue weighted by Crippen LogP contribution is 2.26. The van der Waals surface area contributed by atoms with E-state index in [4.69, 9.17) is 16.6 Å². The fraction of sp³-hybridized carbons (Fsp3) is 0.158. The number of anilines is 1. The van der Waals surface area contributed by atoms with Crippen molar-refractivity contribution in [2.24, 2.45) is 0 Å². The van der Waals surface area contributed by atoms with Crippen molar-refractivity contribution in [2.45, 2.75) is 19.9 Å². The Morgan fingerprint density at radius 3 is 2.69 bits per heavy atom. The van der Waals surface area contributed by atoms with Crippen molar-refractivity contribution < 1.29 is 0 Å². The SMILES string of the molecule is CCc1c(Cl)nc(-c2ccccc2)nc1NCc1ccnc2ccnn12. The molecule has 0 unspecified atom stereocenters. The molecule has 0 radical (unpaired) electrons. The van der Waals surface area contributed by atoms with Crippen molar-refractivity contribution in [2.75, 3.05) is 5.32 Å². The quantitative estimate of drug-likeness (QED) is 0.542. The van der Waals surface area contributed by atoms with Gasteiger partial charge in [-0.3, -0.25) is 0 Å². The normalized spacial score (nSPS) is 11.0. The zero-order valence-corrected chi connectivity index (χ0v) is 15.0.